The molecule has 1 aliphatic heterocycles. The van der Waals surface area contributed by atoms with Gasteiger partial charge < -0.3 is 38.5 Å². The van der Waals surface area contributed by atoms with E-state index in [1.807, 2.05) is 0 Å². The molecule has 0 aromatic heterocycles. The predicted octanol–water partition coefficient (Wildman–Crippen LogP) is -0.610. The van der Waals surface area contributed by atoms with Crippen molar-refractivity contribution in [1.29, 1.82) is 0 Å². The summed E-state index contributed by atoms with van der Waals surface area (Å²) in [6.07, 6.45) is -4.72. The van der Waals surface area contributed by atoms with E-state index < -0.39 is 60.5 Å². The molecule has 1 heterocycles. The minimum atomic E-state index is -5.67. The van der Waals surface area contributed by atoms with Crippen LogP contribution in [-0.4, -0.2) is 78.7 Å². The fourth-order valence-electron chi connectivity index (χ4n) is 1.93. The topological polar surface area (TPSA) is 214 Å². The minimum absolute atomic E-state index is 0.876. The fraction of sp³-hybridized carbons (Fsp3) is 0.875. The molecule has 0 aromatic rings. The molecule has 6 atom stereocenters. The van der Waals surface area contributed by atoms with Crippen LogP contribution in [0.15, 0.2) is 0 Å². The van der Waals surface area contributed by atoms with Crippen molar-refractivity contribution in [2.24, 2.45) is 0 Å². The monoisotopic (exact) mass is 456 g/mol. The van der Waals surface area contributed by atoms with Crippen LogP contribution in [0.25, 0.3) is 0 Å². The second-order valence-corrected chi connectivity index (χ2v) is 9.18. The van der Waals surface area contributed by atoms with Gasteiger partial charge in [-0.3, -0.25) is 4.52 Å². The molecule has 156 valence electrons. The lowest BCUT2D eigenvalue weighted by Crippen LogP contribution is -2.40. The maximum atomic E-state index is 11.7. The molecule has 1 fully saturated rings. The molecule has 4 N–H and O–H groups in total. The van der Waals surface area contributed by atoms with Gasteiger partial charge in [-0.25, -0.2) is 18.5 Å². The Bertz CT molecular complexity index is 663. The highest BCUT2D eigenvalue weighted by molar-refractivity contribution is 7.66. The van der Waals surface area contributed by atoms with E-state index in [1.165, 1.54) is 7.11 Å². The van der Waals surface area contributed by atoms with Crippen LogP contribution in [0.1, 0.15) is 0 Å². The first-order chi connectivity index (χ1) is 12.2. The largest absolute Gasteiger partial charge is 0.508 e. The second kappa shape index (κ2) is 9.44. The number of carbonyl (C=O) groups excluding carboxylic acids is 1. The number of hydrogen-bond acceptors (Lipinski definition) is 11. The van der Waals surface area contributed by atoms with Crippen molar-refractivity contribution in [1.82, 2.24) is 0 Å². The lowest BCUT2D eigenvalue weighted by molar-refractivity contribution is -0.0459. The molecule has 15 nitrogen and oxygen atoms in total. The van der Waals surface area contributed by atoms with E-state index in [9.17, 15) is 23.4 Å². The van der Waals surface area contributed by atoms with Crippen LogP contribution in [0.2, 0.25) is 0 Å². The highest BCUT2D eigenvalue weighted by atomic mass is 31.3. The van der Waals surface area contributed by atoms with Gasteiger partial charge in [-0.05, 0) is 0 Å². The van der Waals surface area contributed by atoms with Crippen LogP contribution in [0, 0.1) is 0 Å². The number of phosphoric ester groups is 1. The maximum absolute atomic E-state index is 11.7. The molecule has 1 aliphatic rings. The summed E-state index contributed by atoms with van der Waals surface area (Å²) in [6.45, 7) is -0.876. The SMILES string of the molecule is [B]C1O[C@@H](COP(=O)(O)OP(=O)(O)OP(=O)(O)O)C(OC(=O)OC)C1OC. The van der Waals surface area contributed by atoms with Crippen molar-refractivity contribution >= 4 is 37.5 Å². The molecule has 1 saturated heterocycles. The summed E-state index contributed by atoms with van der Waals surface area (Å²) in [4.78, 5) is 46.6. The zero-order valence-corrected chi connectivity index (χ0v) is 16.4. The molecule has 27 heavy (non-hydrogen) atoms. The minimum Gasteiger partial charge on any atom is -0.438 e. The van der Waals surface area contributed by atoms with Gasteiger partial charge >= 0.3 is 29.6 Å². The molecule has 19 heteroatoms. The number of rotatable bonds is 9. The number of hydrogen-bond donors (Lipinski definition) is 4. The van der Waals surface area contributed by atoms with Gasteiger partial charge in [0.25, 0.3) is 0 Å². The van der Waals surface area contributed by atoms with Crippen LogP contribution in [0.3, 0.4) is 0 Å². The van der Waals surface area contributed by atoms with Crippen molar-refractivity contribution in [3.8, 4) is 0 Å². The molecule has 0 aromatic carbocycles. The van der Waals surface area contributed by atoms with E-state index in [-0.39, 0.29) is 0 Å². The molecule has 0 aliphatic carbocycles. The fourth-order valence-corrected chi connectivity index (χ4v) is 4.96. The highest BCUT2D eigenvalue weighted by Crippen LogP contribution is 2.66. The average Bonchev–Trinajstić information content (AvgIpc) is 2.76. The molecule has 0 spiro atoms. The summed E-state index contributed by atoms with van der Waals surface area (Å²) in [5, 5.41) is 0. The predicted molar refractivity (Wildman–Crippen MR) is 82.3 cm³/mol. The van der Waals surface area contributed by atoms with Crippen LogP contribution >= 0.6 is 23.5 Å². The molecular weight excluding hydrogens is 440 g/mol. The van der Waals surface area contributed by atoms with E-state index in [4.69, 9.17) is 36.7 Å². The van der Waals surface area contributed by atoms with Crippen LogP contribution in [0.5, 0.6) is 0 Å². The molecule has 5 unspecified atom stereocenters. The summed E-state index contributed by atoms with van der Waals surface area (Å²) in [5.41, 5.74) is 0. The number of ether oxygens (including phenoxy) is 4. The van der Waals surface area contributed by atoms with Crippen molar-refractivity contribution in [2.45, 2.75) is 24.3 Å². The summed E-state index contributed by atoms with van der Waals surface area (Å²) >= 11 is 0. The van der Waals surface area contributed by atoms with E-state index >= 15 is 0 Å². The van der Waals surface area contributed by atoms with E-state index in [0.29, 0.717) is 0 Å². The smallest absolute Gasteiger partial charge is 0.438 e. The van der Waals surface area contributed by atoms with Gasteiger partial charge in [0.1, 0.15) is 20.1 Å². The normalized spacial score (nSPS) is 30.3. The Morgan fingerprint density at radius 2 is 1.63 bits per heavy atom. The van der Waals surface area contributed by atoms with Gasteiger partial charge in [0.05, 0.1) is 13.7 Å². The van der Waals surface area contributed by atoms with Crippen molar-refractivity contribution in [3.63, 3.8) is 0 Å². The van der Waals surface area contributed by atoms with Gasteiger partial charge in [-0.1, -0.05) is 0 Å². The maximum Gasteiger partial charge on any atom is 0.508 e. The summed E-state index contributed by atoms with van der Waals surface area (Å²) in [7, 11) is -8.73. The third-order valence-corrected chi connectivity index (χ3v) is 6.64. The molecular formula is C8H16BO15P3. The Hall–Kier alpha value is -0.335. The van der Waals surface area contributed by atoms with E-state index in [2.05, 4.69) is 17.9 Å². The Balaban J connectivity index is 2.78. The van der Waals surface area contributed by atoms with Crippen molar-refractivity contribution in [2.75, 3.05) is 20.8 Å². The lowest BCUT2D eigenvalue weighted by Gasteiger charge is -2.23. The quantitative estimate of drug-likeness (QED) is 0.194. The molecule has 0 amide bonds. The highest BCUT2D eigenvalue weighted by Gasteiger charge is 2.47. The molecule has 0 saturated carbocycles. The van der Waals surface area contributed by atoms with Gasteiger partial charge in [0.2, 0.25) is 0 Å². The van der Waals surface area contributed by atoms with Crippen molar-refractivity contribution < 1.29 is 70.2 Å². The standard InChI is InChI=1S/C8H16BO15P3/c1-18-6-5(22-8(10)19-2)4(21-7(6)9)3-20-26(14,15)24-27(16,17)23-25(11,12)13/h4-7H,3H2,1-2H3,(H,14,15)(H,16,17)(H2,11,12,13)/t4-,5?,6?,7?/m0/s1. The molecule has 1 rings (SSSR count). The van der Waals surface area contributed by atoms with Crippen LogP contribution in [-0.2, 0) is 45.8 Å². The third-order valence-electron chi connectivity index (χ3n) is 2.83. The summed E-state index contributed by atoms with van der Waals surface area (Å²) in [5.74, 6) is 0. The van der Waals surface area contributed by atoms with E-state index in [0.717, 1.165) is 7.11 Å². The Labute approximate surface area is 153 Å². The molecule has 0 bridgehead atoms. The van der Waals surface area contributed by atoms with E-state index in [1.54, 1.807) is 0 Å². The number of phosphoric acid groups is 3. The Morgan fingerprint density at radius 1 is 1.04 bits per heavy atom. The third kappa shape index (κ3) is 8.28. The summed E-state index contributed by atoms with van der Waals surface area (Å²) in [6, 6.07) is -1.14. The average molecular weight is 456 g/mol. The Morgan fingerprint density at radius 3 is 2.11 bits per heavy atom. The lowest BCUT2D eigenvalue weighted by atomic mass is 9.93. The van der Waals surface area contributed by atoms with Gasteiger partial charge in [-0.15, -0.1) is 0 Å². The van der Waals surface area contributed by atoms with Gasteiger partial charge in [-0.2, -0.15) is 8.62 Å². The zero-order valence-electron chi connectivity index (χ0n) is 13.7. The first kappa shape index (κ1) is 24.7. The number of carbonyl (C=O) groups is 1. The van der Waals surface area contributed by atoms with Gasteiger partial charge in [0, 0.05) is 13.1 Å². The van der Waals surface area contributed by atoms with Crippen LogP contribution < -0.4 is 0 Å². The first-order valence-electron chi connectivity index (χ1n) is 6.66. The van der Waals surface area contributed by atoms with Gasteiger partial charge in [0.15, 0.2) is 6.10 Å². The summed E-state index contributed by atoms with van der Waals surface area (Å²) < 4.78 is 64.3. The first-order valence-corrected chi connectivity index (χ1v) is 11.2. The zero-order chi connectivity index (χ0) is 21.0. The van der Waals surface area contributed by atoms with Crippen molar-refractivity contribution in [3.05, 3.63) is 0 Å². The number of methoxy groups -OCH3 is 2. The molecule has 2 radical (unpaired) electrons. The Kier molecular flexibility index (Phi) is 8.64. The second-order valence-electron chi connectivity index (χ2n) is 4.76. The van der Waals surface area contributed by atoms with Crippen LogP contribution in [0.4, 0.5) is 4.79 Å².